The molecule has 0 N–H and O–H groups in total. The lowest BCUT2D eigenvalue weighted by Gasteiger charge is -2.34. The van der Waals surface area contributed by atoms with Crippen LogP contribution in [0.15, 0.2) is 12.7 Å². The standard InChI is InChI=1S/C10H17NO/c1-3-9-7-5-6-8-11(9)10(12)4-2/h4,9H,2-3,5-8H2,1H3/t9-/m0/s1. The van der Waals surface area contributed by atoms with Crippen molar-refractivity contribution in [1.82, 2.24) is 4.90 Å². The summed E-state index contributed by atoms with van der Waals surface area (Å²) in [7, 11) is 0. The number of hydrogen-bond acceptors (Lipinski definition) is 1. The minimum Gasteiger partial charge on any atom is -0.336 e. The van der Waals surface area contributed by atoms with Gasteiger partial charge in [-0.25, -0.2) is 0 Å². The second-order valence-electron chi connectivity index (χ2n) is 3.29. The van der Waals surface area contributed by atoms with Gasteiger partial charge >= 0.3 is 0 Å². The average Bonchev–Trinajstić information content (AvgIpc) is 2.16. The van der Waals surface area contributed by atoms with Gasteiger partial charge in [0.1, 0.15) is 0 Å². The Hall–Kier alpha value is -0.790. The monoisotopic (exact) mass is 167 g/mol. The maximum atomic E-state index is 11.3. The van der Waals surface area contributed by atoms with Gasteiger partial charge in [0.2, 0.25) is 5.91 Å². The number of amides is 1. The van der Waals surface area contributed by atoms with E-state index in [-0.39, 0.29) is 5.91 Å². The van der Waals surface area contributed by atoms with E-state index >= 15 is 0 Å². The van der Waals surface area contributed by atoms with Gasteiger partial charge in [-0.3, -0.25) is 4.79 Å². The molecule has 0 unspecified atom stereocenters. The van der Waals surface area contributed by atoms with Crippen molar-refractivity contribution < 1.29 is 4.79 Å². The van der Waals surface area contributed by atoms with Crippen molar-refractivity contribution in [3.63, 3.8) is 0 Å². The lowest BCUT2D eigenvalue weighted by Crippen LogP contribution is -2.42. The van der Waals surface area contributed by atoms with E-state index in [0.717, 1.165) is 25.8 Å². The number of carbonyl (C=O) groups is 1. The highest BCUT2D eigenvalue weighted by molar-refractivity contribution is 5.87. The molecule has 0 saturated carbocycles. The molecular weight excluding hydrogens is 150 g/mol. The molecule has 2 heteroatoms. The zero-order valence-corrected chi connectivity index (χ0v) is 7.75. The first-order valence-corrected chi connectivity index (χ1v) is 4.72. The molecule has 1 rings (SSSR count). The van der Waals surface area contributed by atoms with Crippen molar-refractivity contribution in [3.05, 3.63) is 12.7 Å². The Labute approximate surface area is 74.2 Å². The maximum Gasteiger partial charge on any atom is 0.246 e. The number of hydrogen-bond donors (Lipinski definition) is 0. The minimum absolute atomic E-state index is 0.0987. The minimum atomic E-state index is 0.0987. The Morgan fingerprint density at radius 2 is 2.42 bits per heavy atom. The molecule has 0 aromatic rings. The van der Waals surface area contributed by atoms with Crippen LogP contribution < -0.4 is 0 Å². The Morgan fingerprint density at radius 3 is 3.00 bits per heavy atom. The zero-order chi connectivity index (χ0) is 8.97. The SMILES string of the molecule is C=CC(=O)N1CCCC[C@@H]1CC. The fraction of sp³-hybridized carbons (Fsp3) is 0.700. The van der Waals surface area contributed by atoms with Crippen LogP contribution in [0.1, 0.15) is 32.6 Å². The van der Waals surface area contributed by atoms with Crippen LogP contribution >= 0.6 is 0 Å². The first kappa shape index (κ1) is 9.30. The van der Waals surface area contributed by atoms with Crippen molar-refractivity contribution in [2.24, 2.45) is 0 Å². The quantitative estimate of drug-likeness (QED) is 0.576. The molecular formula is C10H17NO. The van der Waals surface area contributed by atoms with Crippen LogP contribution in [0.4, 0.5) is 0 Å². The summed E-state index contributed by atoms with van der Waals surface area (Å²) in [6.45, 7) is 6.57. The van der Waals surface area contributed by atoms with Gasteiger partial charge in [0.25, 0.3) is 0 Å². The third-order valence-electron chi connectivity index (χ3n) is 2.56. The van der Waals surface area contributed by atoms with E-state index in [1.807, 2.05) is 4.90 Å². The molecule has 1 amide bonds. The van der Waals surface area contributed by atoms with Crippen molar-refractivity contribution in [2.45, 2.75) is 38.6 Å². The fourth-order valence-corrected chi connectivity index (χ4v) is 1.83. The molecule has 0 aromatic heterocycles. The van der Waals surface area contributed by atoms with Crippen LogP contribution in [-0.4, -0.2) is 23.4 Å². The predicted molar refractivity (Wildman–Crippen MR) is 49.8 cm³/mol. The van der Waals surface area contributed by atoms with Gasteiger partial charge in [-0.2, -0.15) is 0 Å². The number of carbonyl (C=O) groups excluding carboxylic acids is 1. The average molecular weight is 167 g/mol. The molecule has 1 heterocycles. The van der Waals surface area contributed by atoms with Crippen molar-refractivity contribution in [3.8, 4) is 0 Å². The topological polar surface area (TPSA) is 20.3 Å². The lowest BCUT2D eigenvalue weighted by molar-refractivity contribution is -0.129. The first-order chi connectivity index (χ1) is 5.79. The fourth-order valence-electron chi connectivity index (χ4n) is 1.83. The van der Waals surface area contributed by atoms with Crippen molar-refractivity contribution in [1.29, 1.82) is 0 Å². The molecule has 1 aliphatic rings. The van der Waals surface area contributed by atoms with Gasteiger partial charge in [0, 0.05) is 12.6 Å². The van der Waals surface area contributed by atoms with E-state index in [2.05, 4.69) is 13.5 Å². The Morgan fingerprint density at radius 1 is 1.67 bits per heavy atom. The molecule has 1 fully saturated rings. The molecule has 0 aliphatic carbocycles. The molecule has 1 atom stereocenters. The van der Waals surface area contributed by atoms with Crippen LogP contribution in [0.5, 0.6) is 0 Å². The smallest absolute Gasteiger partial charge is 0.246 e. The second-order valence-corrected chi connectivity index (χ2v) is 3.29. The summed E-state index contributed by atoms with van der Waals surface area (Å²) >= 11 is 0. The molecule has 1 saturated heterocycles. The third-order valence-corrected chi connectivity index (χ3v) is 2.56. The summed E-state index contributed by atoms with van der Waals surface area (Å²) < 4.78 is 0. The van der Waals surface area contributed by atoms with Crippen LogP contribution in [-0.2, 0) is 4.79 Å². The summed E-state index contributed by atoms with van der Waals surface area (Å²) in [4.78, 5) is 13.3. The van der Waals surface area contributed by atoms with Gasteiger partial charge in [-0.1, -0.05) is 13.5 Å². The number of piperidine rings is 1. The second kappa shape index (κ2) is 4.29. The van der Waals surface area contributed by atoms with Gasteiger partial charge < -0.3 is 4.90 Å². The highest BCUT2D eigenvalue weighted by atomic mass is 16.2. The molecule has 0 bridgehead atoms. The van der Waals surface area contributed by atoms with Gasteiger partial charge in [-0.05, 0) is 31.8 Å². The zero-order valence-electron chi connectivity index (χ0n) is 7.75. The summed E-state index contributed by atoms with van der Waals surface area (Å²) in [6.07, 6.45) is 6.07. The first-order valence-electron chi connectivity index (χ1n) is 4.72. The van der Waals surface area contributed by atoms with Crippen LogP contribution in [0.25, 0.3) is 0 Å². The van der Waals surface area contributed by atoms with E-state index in [0.29, 0.717) is 6.04 Å². The summed E-state index contributed by atoms with van der Waals surface area (Å²) in [6, 6.07) is 0.462. The Kier molecular flexibility index (Phi) is 3.32. The molecule has 1 aliphatic heterocycles. The van der Waals surface area contributed by atoms with E-state index < -0.39 is 0 Å². The highest BCUT2D eigenvalue weighted by Gasteiger charge is 2.22. The molecule has 0 aromatic carbocycles. The lowest BCUT2D eigenvalue weighted by atomic mass is 10.00. The summed E-state index contributed by atoms with van der Waals surface area (Å²) in [5, 5.41) is 0. The Balaban J connectivity index is 2.58. The van der Waals surface area contributed by atoms with E-state index in [4.69, 9.17) is 0 Å². The molecule has 0 spiro atoms. The summed E-state index contributed by atoms with van der Waals surface area (Å²) in [5.74, 6) is 0.0987. The van der Waals surface area contributed by atoms with E-state index in [9.17, 15) is 4.79 Å². The van der Waals surface area contributed by atoms with Gasteiger partial charge in [0.15, 0.2) is 0 Å². The van der Waals surface area contributed by atoms with E-state index in [1.165, 1.54) is 12.5 Å². The van der Waals surface area contributed by atoms with Crippen molar-refractivity contribution >= 4 is 5.91 Å². The van der Waals surface area contributed by atoms with Gasteiger partial charge in [-0.15, -0.1) is 0 Å². The number of nitrogens with zero attached hydrogens (tertiary/aromatic N) is 1. The van der Waals surface area contributed by atoms with Crippen molar-refractivity contribution in [2.75, 3.05) is 6.54 Å². The molecule has 0 radical (unpaired) electrons. The number of likely N-dealkylation sites (tertiary alicyclic amines) is 1. The van der Waals surface area contributed by atoms with E-state index in [1.54, 1.807) is 0 Å². The molecule has 68 valence electrons. The predicted octanol–water partition coefficient (Wildman–Crippen LogP) is 1.96. The summed E-state index contributed by atoms with van der Waals surface area (Å²) in [5.41, 5.74) is 0. The highest BCUT2D eigenvalue weighted by Crippen LogP contribution is 2.19. The van der Waals surface area contributed by atoms with Crippen LogP contribution in [0, 0.1) is 0 Å². The maximum absolute atomic E-state index is 11.3. The number of rotatable bonds is 2. The Bertz CT molecular complexity index is 177. The van der Waals surface area contributed by atoms with Gasteiger partial charge in [0.05, 0.1) is 0 Å². The van der Waals surface area contributed by atoms with Crippen LogP contribution in [0.3, 0.4) is 0 Å². The molecule has 12 heavy (non-hydrogen) atoms. The van der Waals surface area contributed by atoms with Crippen LogP contribution in [0.2, 0.25) is 0 Å². The largest absolute Gasteiger partial charge is 0.336 e. The normalized spacial score (nSPS) is 23.8. The third kappa shape index (κ3) is 1.87. The molecule has 2 nitrogen and oxygen atoms in total.